The van der Waals surface area contributed by atoms with Crippen LogP contribution in [0.2, 0.25) is 0 Å². The van der Waals surface area contributed by atoms with Crippen molar-refractivity contribution in [3.8, 4) is 0 Å². The first-order chi connectivity index (χ1) is 19.6. The number of esters is 1. The zero-order chi connectivity index (χ0) is 31.5. The maximum absolute atomic E-state index is 13.2. The number of fused-ring (bicyclic) bond motifs is 1. The summed E-state index contributed by atoms with van der Waals surface area (Å²) >= 11 is 0. The van der Waals surface area contributed by atoms with Crippen LogP contribution in [0.4, 0.5) is 0 Å². The van der Waals surface area contributed by atoms with E-state index >= 15 is 0 Å². The second-order valence-electron chi connectivity index (χ2n) is 12.9. The lowest BCUT2D eigenvalue weighted by Gasteiger charge is -2.46. The summed E-state index contributed by atoms with van der Waals surface area (Å²) in [6.45, 7) is 10.9. The molecule has 240 valence electrons. The molecule has 3 rings (SSSR count). The molecule has 0 bridgehead atoms. The van der Waals surface area contributed by atoms with E-state index in [2.05, 4.69) is 0 Å². The number of allylic oxidation sites excluding steroid dienone is 1. The van der Waals surface area contributed by atoms with E-state index in [1.165, 1.54) is 6.08 Å². The number of carbonyl (C=O) groups excluding carboxylic acids is 3. The highest BCUT2D eigenvalue weighted by atomic mass is 16.7. The van der Waals surface area contributed by atoms with Crippen molar-refractivity contribution in [3.63, 3.8) is 0 Å². The molecule has 0 saturated carbocycles. The molecule has 0 unspecified atom stereocenters. The maximum atomic E-state index is 13.2. The van der Waals surface area contributed by atoms with Crippen LogP contribution in [0, 0.1) is 23.7 Å². The zero-order valence-electron chi connectivity index (χ0n) is 26.2. The molecule has 14 atom stereocenters. The Bertz CT molecular complexity index is 973. The van der Waals surface area contributed by atoms with Crippen molar-refractivity contribution >= 4 is 18.0 Å². The lowest BCUT2D eigenvalue weighted by atomic mass is 9.79. The number of ether oxygens (including phenoxy) is 4. The average Bonchev–Trinajstić information content (AvgIpc) is 3.61. The topological polar surface area (TPSA) is 155 Å². The number of hydrogen-bond acceptors (Lipinski definition) is 11. The van der Waals surface area contributed by atoms with Crippen LogP contribution in [0.3, 0.4) is 0 Å². The number of likely N-dealkylation sites (N-methyl/N-ethyl adjacent to an activating group) is 1. The van der Waals surface area contributed by atoms with E-state index in [-0.39, 0.29) is 37.1 Å². The fourth-order valence-corrected chi connectivity index (χ4v) is 6.58. The van der Waals surface area contributed by atoms with Gasteiger partial charge in [-0.05, 0) is 58.9 Å². The third-order valence-electron chi connectivity index (χ3n) is 9.42. The Morgan fingerprint density at radius 1 is 1.10 bits per heavy atom. The van der Waals surface area contributed by atoms with E-state index in [0.29, 0.717) is 6.42 Å². The molecule has 0 aromatic rings. The van der Waals surface area contributed by atoms with E-state index in [9.17, 15) is 29.7 Å². The Morgan fingerprint density at radius 2 is 1.76 bits per heavy atom. The number of epoxide rings is 1. The van der Waals surface area contributed by atoms with Gasteiger partial charge in [-0.15, -0.1) is 0 Å². The Labute approximate surface area is 249 Å². The van der Waals surface area contributed by atoms with Crippen molar-refractivity contribution in [1.29, 1.82) is 0 Å². The largest absolute Gasteiger partial charge is 0.462 e. The summed E-state index contributed by atoms with van der Waals surface area (Å²) in [5.74, 6) is -2.59. The highest BCUT2D eigenvalue weighted by Gasteiger charge is 2.55. The summed E-state index contributed by atoms with van der Waals surface area (Å²) in [5.41, 5.74) is -0.660. The van der Waals surface area contributed by atoms with Crippen LogP contribution in [0.15, 0.2) is 12.2 Å². The van der Waals surface area contributed by atoms with Crippen molar-refractivity contribution < 1.29 is 48.7 Å². The van der Waals surface area contributed by atoms with E-state index in [4.69, 9.17) is 18.9 Å². The number of aliphatic hydroxyl groups is 3. The first-order valence-corrected chi connectivity index (χ1v) is 15.2. The van der Waals surface area contributed by atoms with Crippen molar-refractivity contribution in [3.05, 3.63) is 12.2 Å². The Hall–Kier alpha value is -1.73. The number of nitrogens with zero attached hydrogens (tertiary/aromatic N) is 1. The lowest BCUT2D eigenvalue weighted by Crippen LogP contribution is -2.63. The van der Waals surface area contributed by atoms with Crippen molar-refractivity contribution in [2.24, 2.45) is 23.7 Å². The number of aliphatic hydroxyl groups excluding tert-OH is 3. The van der Waals surface area contributed by atoms with Crippen LogP contribution in [0.25, 0.3) is 0 Å². The average molecular weight is 598 g/mol. The predicted molar refractivity (Wildman–Crippen MR) is 153 cm³/mol. The second kappa shape index (κ2) is 14.4. The normalized spacial score (nSPS) is 46.5. The van der Waals surface area contributed by atoms with Crippen LogP contribution < -0.4 is 0 Å². The SMILES string of the molecule is CC[C@@H]1OC(=O)C[C@H](O)[C@H](C)[C@H](O[C@H]2O[C@H](C)[C@H](O)[C@H](N(C)C)[C@H]2O)[C@@H](CC=O)C[C@@H](C)C(=O)/C=C\[C@@]2(C)O[C@H]2[C@H]1C. The van der Waals surface area contributed by atoms with Crippen LogP contribution in [-0.2, 0) is 33.3 Å². The fraction of sp³-hybridized carbons (Fsp3) is 0.839. The third-order valence-corrected chi connectivity index (χ3v) is 9.42. The first-order valence-electron chi connectivity index (χ1n) is 15.2. The zero-order valence-corrected chi connectivity index (χ0v) is 26.2. The van der Waals surface area contributed by atoms with Crippen LogP contribution in [0.5, 0.6) is 0 Å². The van der Waals surface area contributed by atoms with E-state index in [0.717, 1.165) is 6.29 Å². The molecule has 0 aromatic heterocycles. The lowest BCUT2D eigenvalue weighted by molar-refractivity contribution is -0.304. The molecule has 3 heterocycles. The molecular formula is C31H51NO10. The molecule has 2 fully saturated rings. The van der Waals surface area contributed by atoms with Gasteiger partial charge >= 0.3 is 5.97 Å². The number of aldehydes is 1. The standard InChI is InChI=1S/C31H51NO10/c1-9-23-18(4)29-31(6,42-29)12-10-21(34)16(2)14-20(11-13-33)28(17(3)22(35)15-24(36)40-23)41-30-27(38)25(32(7)8)26(37)19(5)39-30/h10,12-13,16-20,22-23,25-30,35,37-38H,9,11,14-15H2,1-8H3/b12-10-/t16-,17+,18+,19-,20+,22+,23+,25+,26+,27-,28+,29+,30-,31-/m1/s1. The predicted octanol–water partition coefficient (Wildman–Crippen LogP) is 1.64. The van der Waals surface area contributed by atoms with Gasteiger partial charge in [0.2, 0.25) is 0 Å². The molecule has 0 radical (unpaired) electrons. The van der Waals surface area contributed by atoms with Crippen LogP contribution >= 0.6 is 0 Å². The molecule has 3 aliphatic rings. The highest BCUT2D eigenvalue weighted by Crippen LogP contribution is 2.45. The number of ketones is 1. The Kier molecular flexibility index (Phi) is 11.9. The molecule has 0 amide bonds. The summed E-state index contributed by atoms with van der Waals surface area (Å²) in [6.07, 6.45) is -2.34. The van der Waals surface area contributed by atoms with Gasteiger partial charge in [0.25, 0.3) is 0 Å². The molecule has 0 aromatic carbocycles. The van der Waals surface area contributed by atoms with Gasteiger partial charge in [-0.3, -0.25) is 9.59 Å². The van der Waals surface area contributed by atoms with Gasteiger partial charge in [0.15, 0.2) is 12.1 Å². The van der Waals surface area contributed by atoms with Gasteiger partial charge in [0.05, 0.1) is 43.0 Å². The second-order valence-corrected chi connectivity index (χ2v) is 12.9. The van der Waals surface area contributed by atoms with E-state index in [1.54, 1.807) is 45.8 Å². The minimum Gasteiger partial charge on any atom is -0.462 e. The number of hydrogen-bond donors (Lipinski definition) is 3. The molecule has 2 saturated heterocycles. The first kappa shape index (κ1) is 34.8. The van der Waals surface area contributed by atoms with Crippen LogP contribution in [-0.4, -0.2) is 113 Å². The number of rotatable bonds is 6. The summed E-state index contributed by atoms with van der Waals surface area (Å²) in [7, 11) is 3.46. The summed E-state index contributed by atoms with van der Waals surface area (Å²) in [6, 6.07) is -0.696. The van der Waals surface area contributed by atoms with Gasteiger partial charge in [-0.25, -0.2) is 0 Å². The van der Waals surface area contributed by atoms with E-state index in [1.807, 2.05) is 20.8 Å². The summed E-state index contributed by atoms with van der Waals surface area (Å²) in [4.78, 5) is 39.8. The third kappa shape index (κ3) is 7.85. The smallest absolute Gasteiger partial charge is 0.308 e. The van der Waals surface area contributed by atoms with Crippen molar-refractivity contribution in [2.45, 2.75) is 128 Å². The van der Waals surface area contributed by atoms with Crippen molar-refractivity contribution in [1.82, 2.24) is 4.90 Å². The molecule has 3 aliphatic heterocycles. The number of cyclic esters (lactones) is 1. The fourth-order valence-electron chi connectivity index (χ4n) is 6.58. The highest BCUT2D eigenvalue weighted by molar-refractivity contribution is 5.91. The van der Waals surface area contributed by atoms with Gasteiger partial charge in [-0.1, -0.05) is 27.7 Å². The maximum Gasteiger partial charge on any atom is 0.308 e. The van der Waals surface area contributed by atoms with Gasteiger partial charge in [-0.2, -0.15) is 0 Å². The van der Waals surface area contributed by atoms with Gasteiger partial charge in [0.1, 0.15) is 24.1 Å². The number of carbonyl (C=O) groups is 3. The molecule has 42 heavy (non-hydrogen) atoms. The van der Waals surface area contributed by atoms with Gasteiger partial charge in [0, 0.05) is 24.2 Å². The Morgan fingerprint density at radius 3 is 2.36 bits per heavy atom. The van der Waals surface area contributed by atoms with Gasteiger partial charge < -0.3 is 44.0 Å². The van der Waals surface area contributed by atoms with Crippen LogP contribution in [0.1, 0.15) is 67.2 Å². The molecule has 0 spiro atoms. The molecule has 0 aliphatic carbocycles. The monoisotopic (exact) mass is 597 g/mol. The summed E-state index contributed by atoms with van der Waals surface area (Å²) < 4.78 is 24.0. The minimum absolute atomic E-state index is 0.0178. The minimum atomic E-state index is -1.25. The van der Waals surface area contributed by atoms with E-state index < -0.39 is 78.3 Å². The van der Waals surface area contributed by atoms with Crippen molar-refractivity contribution in [2.75, 3.05) is 14.1 Å². The molecule has 11 nitrogen and oxygen atoms in total. The molecule has 3 N–H and O–H groups in total. The quantitative estimate of drug-likeness (QED) is 0.232. The molecular weight excluding hydrogens is 546 g/mol. The summed E-state index contributed by atoms with van der Waals surface area (Å²) in [5, 5.41) is 33.1. The molecule has 11 heteroatoms. The Balaban J connectivity index is 1.97.